The Labute approximate surface area is 228 Å². The monoisotopic (exact) mass is 550 g/mol. The number of aromatic nitrogens is 2. The lowest BCUT2D eigenvalue weighted by Crippen LogP contribution is -2.43. The molecule has 2 saturated heterocycles. The van der Waals surface area contributed by atoms with Gasteiger partial charge in [0.1, 0.15) is 9.84 Å². The summed E-state index contributed by atoms with van der Waals surface area (Å²) < 4.78 is 27.1. The number of aryl methyl sites for hydroxylation is 1. The third-order valence-electron chi connectivity index (χ3n) is 8.12. The summed E-state index contributed by atoms with van der Waals surface area (Å²) in [5.74, 6) is -0.0572. The van der Waals surface area contributed by atoms with Crippen LogP contribution in [0.25, 0.3) is 11.0 Å². The number of imidazole rings is 1. The van der Waals surface area contributed by atoms with Crippen LogP contribution in [0.15, 0.2) is 41.2 Å². The lowest BCUT2D eigenvalue weighted by Gasteiger charge is -2.34. The van der Waals surface area contributed by atoms with Crippen LogP contribution in [-0.4, -0.2) is 72.1 Å². The quantitative estimate of drug-likeness (QED) is 0.512. The Morgan fingerprint density at radius 2 is 1.90 bits per heavy atom. The normalized spacial score (nSPS) is 19.6. The number of hydrogen-bond acceptors (Lipinski definition) is 7. The largest absolute Gasteiger partial charge is 0.368 e. The first-order chi connectivity index (χ1) is 18.6. The standard InChI is InChI=1S/C28H34N6O4S/c1-31(23-9-12-39(37,38)13-10-23)27(35)21-14-24-26(25(15-21)33-11-5-8-22(30)18-33)34(28(36)32(24)2)17-20-7-4-3-6-19(20)16-29/h3-4,6-7,14-15,22-23H,5,8-13,17-18,30H2,1-2H3/t22-/m1/s1. The number of anilines is 1. The smallest absolute Gasteiger partial charge is 0.329 e. The number of sulfone groups is 1. The summed E-state index contributed by atoms with van der Waals surface area (Å²) in [6.45, 7) is 1.56. The van der Waals surface area contributed by atoms with E-state index in [1.807, 2.05) is 18.2 Å². The fraction of sp³-hybridized carbons (Fsp3) is 0.464. The molecule has 1 amide bonds. The molecule has 206 valence electrons. The van der Waals surface area contributed by atoms with E-state index >= 15 is 0 Å². The van der Waals surface area contributed by atoms with Gasteiger partial charge in [0.15, 0.2) is 0 Å². The number of piperidine rings is 1. The Morgan fingerprint density at radius 1 is 1.18 bits per heavy atom. The minimum Gasteiger partial charge on any atom is -0.368 e. The lowest BCUT2D eigenvalue weighted by molar-refractivity contribution is 0.0722. The van der Waals surface area contributed by atoms with E-state index in [1.54, 1.807) is 46.3 Å². The van der Waals surface area contributed by atoms with Gasteiger partial charge < -0.3 is 15.5 Å². The number of carbonyl (C=O) groups is 1. The second-order valence-corrected chi connectivity index (χ2v) is 13.0. The van der Waals surface area contributed by atoms with Gasteiger partial charge in [-0.05, 0) is 49.4 Å². The summed E-state index contributed by atoms with van der Waals surface area (Å²) in [4.78, 5) is 31.1. The molecule has 0 spiro atoms. The number of nitriles is 1. The Bertz CT molecular complexity index is 1620. The van der Waals surface area contributed by atoms with E-state index in [2.05, 4.69) is 11.0 Å². The van der Waals surface area contributed by atoms with Crippen LogP contribution in [0.5, 0.6) is 0 Å². The molecule has 11 heteroatoms. The number of rotatable bonds is 5. The fourth-order valence-corrected chi connectivity index (χ4v) is 7.29. The molecule has 39 heavy (non-hydrogen) atoms. The van der Waals surface area contributed by atoms with Gasteiger partial charge in [-0.15, -0.1) is 0 Å². The van der Waals surface area contributed by atoms with E-state index in [4.69, 9.17) is 5.73 Å². The fourth-order valence-electron chi connectivity index (χ4n) is 5.83. The number of fused-ring (bicyclic) bond motifs is 1. The van der Waals surface area contributed by atoms with E-state index in [0.29, 0.717) is 41.5 Å². The first kappa shape index (κ1) is 27.0. The number of amides is 1. The van der Waals surface area contributed by atoms with Crippen molar-refractivity contribution in [2.24, 2.45) is 12.8 Å². The highest BCUT2D eigenvalue weighted by atomic mass is 32.2. The maximum atomic E-state index is 13.7. The summed E-state index contributed by atoms with van der Waals surface area (Å²) in [5.41, 5.74) is 9.86. The molecular weight excluding hydrogens is 516 g/mol. The summed E-state index contributed by atoms with van der Waals surface area (Å²) in [5, 5.41) is 9.62. The van der Waals surface area contributed by atoms with Crippen LogP contribution >= 0.6 is 0 Å². The Morgan fingerprint density at radius 3 is 2.59 bits per heavy atom. The molecule has 10 nitrogen and oxygen atoms in total. The summed E-state index contributed by atoms with van der Waals surface area (Å²) in [6.07, 6.45) is 2.62. The van der Waals surface area contributed by atoms with Crippen LogP contribution in [0, 0.1) is 11.3 Å². The molecule has 1 atom stereocenters. The second-order valence-electron chi connectivity index (χ2n) is 10.7. The number of hydrogen-bond donors (Lipinski definition) is 1. The van der Waals surface area contributed by atoms with Crippen LogP contribution in [0.4, 0.5) is 5.69 Å². The van der Waals surface area contributed by atoms with Gasteiger partial charge in [-0.25, -0.2) is 13.2 Å². The van der Waals surface area contributed by atoms with E-state index in [0.717, 1.165) is 30.6 Å². The van der Waals surface area contributed by atoms with E-state index in [1.165, 1.54) is 0 Å². The molecule has 0 radical (unpaired) electrons. The average Bonchev–Trinajstić information content (AvgIpc) is 3.16. The van der Waals surface area contributed by atoms with Crippen LogP contribution in [0.2, 0.25) is 0 Å². The predicted molar refractivity (Wildman–Crippen MR) is 151 cm³/mol. The maximum absolute atomic E-state index is 13.7. The highest BCUT2D eigenvalue weighted by Crippen LogP contribution is 2.32. The van der Waals surface area contributed by atoms with Crippen molar-refractivity contribution in [3.63, 3.8) is 0 Å². The zero-order valence-corrected chi connectivity index (χ0v) is 23.2. The van der Waals surface area contributed by atoms with Gasteiger partial charge in [-0.1, -0.05) is 18.2 Å². The van der Waals surface area contributed by atoms with Crippen molar-refractivity contribution in [1.29, 1.82) is 5.26 Å². The maximum Gasteiger partial charge on any atom is 0.329 e. The van der Waals surface area contributed by atoms with E-state index in [9.17, 15) is 23.3 Å². The van der Waals surface area contributed by atoms with Crippen molar-refractivity contribution in [3.8, 4) is 6.07 Å². The van der Waals surface area contributed by atoms with Crippen molar-refractivity contribution in [2.45, 2.75) is 44.3 Å². The third-order valence-corrected chi connectivity index (χ3v) is 9.84. The Kier molecular flexibility index (Phi) is 7.27. The molecule has 3 heterocycles. The Balaban J connectivity index is 1.62. The lowest BCUT2D eigenvalue weighted by atomic mass is 10.0. The molecule has 2 aliphatic rings. The summed E-state index contributed by atoms with van der Waals surface area (Å²) in [6, 6.07) is 12.8. The summed E-state index contributed by atoms with van der Waals surface area (Å²) in [7, 11) is 0.354. The van der Waals surface area contributed by atoms with Crippen LogP contribution < -0.4 is 16.3 Å². The first-order valence-corrected chi connectivity index (χ1v) is 15.1. The van der Waals surface area contributed by atoms with Gasteiger partial charge >= 0.3 is 5.69 Å². The minimum atomic E-state index is -3.05. The van der Waals surface area contributed by atoms with Gasteiger partial charge in [-0.2, -0.15) is 5.26 Å². The number of carbonyl (C=O) groups excluding carboxylic acids is 1. The van der Waals surface area contributed by atoms with Crippen LogP contribution in [-0.2, 0) is 23.4 Å². The molecule has 0 bridgehead atoms. The van der Waals surface area contributed by atoms with Crippen molar-refractivity contribution in [3.05, 3.63) is 63.6 Å². The van der Waals surface area contributed by atoms with Gasteiger partial charge in [0.05, 0.1) is 46.4 Å². The molecule has 3 aromatic rings. The second kappa shape index (κ2) is 10.5. The van der Waals surface area contributed by atoms with Crippen molar-refractivity contribution in [1.82, 2.24) is 14.0 Å². The molecule has 0 saturated carbocycles. The molecule has 0 unspecified atom stereocenters. The Hall–Kier alpha value is -3.62. The van der Waals surface area contributed by atoms with Gasteiger partial charge in [0, 0.05) is 44.8 Å². The molecule has 1 aromatic heterocycles. The molecular formula is C28H34N6O4S. The first-order valence-electron chi connectivity index (χ1n) is 13.3. The van der Waals surface area contributed by atoms with Gasteiger partial charge in [-0.3, -0.25) is 13.9 Å². The highest BCUT2D eigenvalue weighted by molar-refractivity contribution is 7.91. The topological polar surface area (TPSA) is 134 Å². The number of benzene rings is 2. The van der Waals surface area contributed by atoms with Crippen LogP contribution in [0.3, 0.4) is 0 Å². The predicted octanol–water partition coefficient (Wildman–Crippen LogP) is 1.84. The zero-order chi connectivity index (χ0) is 27.9. The SMILES string of the molecule is CN(C(=O)c1cc(N2CCC[C@@H](N)C2)c2c(c1)n(C)c(=O)n2Cc1ccccc1C#N)C1CCS(=O)(=O)CC1. The third kappa shape index (κ3) is 5.18. The highest BCUT2D eigenvalue weighted by Gasteiger charge is 2.31. The summed E-state index contributed by atoms with van der Waals surface area (Å²) >= 11 is 0. The zero-order valence-electron chi connectivity index (χ0n) is 22.3. The molecule has 2 aromatic carbocycles. The molecule has 5 rings (SSSR count). The van der Waals surface area contributed by atoms with E-state index in [-0.39, 0.29) is 41.7 Å². The van der Waals surface area contributed by atoms with Crippen molar-refractivity contribution >= 4 is 32.5 Å². The van der Waals surface area contributed by atoms with Crippen molar-refractivity contribution in [2.75, 3.05) is 36.5 Å². The van der Waals surface area contributed by atoms with Gasteiger partial charge in [0.25, 0.3) is 5.91 Å². The van der Waals surface area contributed by atoms with Gasteiger partial charge in [0.2, 0.25) is 0 Å². The van der Waals surface area contributed by atoms with Crippen molar-refractivity contribution < 1.29 is 13.2 Å². The molecule has 0 aliphatic carbocycles. The number of nitrogens with two attached hydrogens (primary N) is 1. The molecule has 2 fully saturated rings. The van der Waals surface area contributed by atoms with E-state index < -0.39 is 9.84 Å². The van der Waals surface area contributed by atoms with Crippen LogP contribution in [0.1, 0.15) is 47.2 Å². The minimum absolute atomic E-state index is 0.0248. The average molecular weight is 551 g/mol. The number of nitrogens with zero attached hydrogens (tertiary/aromatic N) is 5. The molecule has 2 N–H and O–H groups in total. The molecule has 2 aliphatic heterocycles.